The quantitative estimate of drug-likeness (QED) is 0.137. The van der Waals surface area contributed by atoms with Crippen molar-refractivity contribution in [3.8, 4) is 44.8 Å². The Labute approximate surface area is 306 Å². The zero-order chi connectivity index (χ0) is 34.9. The Bertz CT molecular complexity index is 3170. The molecule has 0 radical (unpaired) electrons. The molecule has 0 unspecified atom stereocenters. The SMILES string of the molecule is c1ccc(-c2nc3ccc4ccc5cc(-c6c7ccccc7c(-c7cccc(-c8ccc9ccccc9c8)c7)c7ccccc67)ccc5c4c3o2)cc1. The van der Waals surface area contributed by atoms with Gasteiger partial charge in [-0.2, -0.15) is 0 Å². The highest BCUT2D eigenvalue weighted by Gasteiger charge is 2.19. The van der Waals surface area contributed by atoms with Gasteiger partial charge in [0.15, 0.2) is 5.58 Å². The molecule has 0 aliphatic heterocycles. The van der Waals surface area contributed by atoms with Crippen molar-refractivity contribution in [2.75, 3.05) is 0 Å². The molecule has 0 fully saturated rings. The van der Waals surface area contributed by atoms with Crippen LogP contribution in [0.4, 0.5) is 0 Å². The Morgan fingerprint density at radius 3 is 1.60 bits per heavy atom. The molecule has 0 N–H and O–H groups in total. The lowest BCUT2D eigenvalue weighted by atomic mass is 9.85. The Balaban J connectivity index is 1.10. The van der Waals surface area contributed by atoms with Crippen molar-refractivity contribution in [3.63, 3.8) is 0 Å². The maximum atomic E-state index is 6.51. The molecule has 53 heavy (non-hydrogen) atoms. The monoisotopic (exact) mass is 673 g/mol. The van der Waals surface area contributed by atoms with Gasteiger partial charge in [0.1, 0.15) is 5.52 Å². The summed E-state index contributed by atoms with van der Waals surface area (Å²) in [5.41, 5.74) is 10.0. The Morgan fingerprint density at radius 1 is 0.321 bits per heavy atom. The van der Waals surface area contributed by atoms with Gasteiger partial charge in [-0.15, -0.1) is 0 Å². The molecule has 1 aromatic heterocycles. The summed E-state index contributed by atoms with van der Waals surface area (Å²) in [6.07, 6.45) is 0. The number of aromatic nitrogens is 1. The predicted molar refractivity (Wildman–Crippen MR) is 223 cm³/mol. The lowest BCUT2D eigenvalue weighted by Crippen LogP contribution is -1.91. The van der Waals surface area contributed by atoms with E-state index in [0.29, 0.717) is 5.89 Å². The van der Waals surface area contributed by atoms with E-state index in [9.17, 15) is 0 Å². The van der Waals surface area contributed by atoms with Crippen LogP contribution in [0.1, 0.15) is 0 Å². The van der Waals surface area contributed by atoms with E-state index in [-0.39, 0.29) is 0 Å². The molecule has 11 rings (SSSR count). The highest BCUT2D eigenvalue weighted by Crippen LogP contribution is 2.45. The van der Waals surface area contributed by atoms with Gasteiger partial charge in [-0.05, 0) is 118 Å². The van der Waals surface area contributed by atoms with Crippen LogP contribution in [0.15, 0.2) is 192 Å². The van der Waals surface area contributed by atoms with E-state index in [1.807, 2.05) is 30.3 Å². The third-order valence-electron chi connectivity index (χ3n) is 10.8. The number of fused-ring (bicyclic) bond motifs is 8. The van der Waals surface area contributed by atoms with Gasteiger partial charge in [0.2, 0.25) is 5.89 Å². The average Bonchev–Trinajstić information content (AvgIpc) is 3.67. The van der Waals surface area contributed by atoms with Gasteiger partial charge in [0, 0.05) is 10.9 Å². The third kappa shape index (κ3) is 4.77. The van der Waals surface area contributed by atoms with Crippen LogP contribution >= 0.6 is 0 Å². The molecule has 0 aliphatic carbocycles. The van der Waals surface area contributed by atoms with Gasteiger partial charge >= 0.3 is 0 Å². The van der Waals surface area contributed by atoms with Crippen molar-refractivity contribution in [1.29, 1.82) is 0 Å². The van der Waals surface area contributed by atoms with Crippen LogP contribution in [0.5, 0.6) is 0 Å². The molecule has 2 heteroatoms. The molecule has 0 atom stereocenters. The molecule has 246 valence electrons. The minimum absolute atomic E-state index is 0.641. The van der Waals surface area contributed by atoms with Crippen molar-refractivity contribution in [2.45, 2.75) is 0 Å². The number of rotatable bonds is 4. The third-order valence-corrected chi connectivity index (χ3v) is 10.8. The van der Waals surface area contributed by atoms with Crippen LogP contribution in [0, 0.1) is 0 Å². The standard InChI is InChI=1S/C51H31NO/c1-2-12-34(13-3-1)51-52-46-28-26-33-22-24-38-31-40(25-27-41(38)49(33)50(46)53-51)48-44-19-8-6-17-42(44)47(43-18-7-9-20-45(43)48)39-16-10-15-36(30-39)37-23-21-32-11-4-5-14-35(32)29-37/h1-31H. The number of nitrogens with zero attached hydrogens (tertiary/aromatic N) is 1. The van der Waals surface area contributed by atoms with Crippen LogP contribution in [0.3, 0.4) is 0 Å². The van der Waals surface area contributed by atoms with Crippen molar-refractivity contribution < 1.29 is 4.42 Å². The molecule has 10 aromatic carbocycles. The summed E-state index contributed by atoms with van der Waals surface area (Å²) in [4.78, 5) is 4.87. The van der Waals surface area contributed by atoms with Crippen molar-refractivity contribution in [3.05, 3.63) is 188 Å². The molecule has 0 saturated carbocycles. The molecule has 2 nitrogen and oxygen atoms in total. The maximum Gasteiger partial charge on any atom is 0.227 e. The van der Waals surface area contributed by atoms with Crippen LogP contribution in [0.2, 0.25) is 0 Å². The van der Waals surface area contributed by atoms with Crippen LogP contribution in [0.25, 0.3) is 110 Å². The molecule has 0 amide bonds. The molecular formula is C51H31NO. The molecule has 0 bridgehead atoms. The fourth-order valence-electron chi connectivity index (χ4n) is 8.36. The maximum absolute atomic E-state index is 6.51. The number of hydrogen-bond donors (Lipinski definition) is 0. The van der Waals surface area contributed by atoms with Gasteiger partial charge < -0.3 is 4.42 Å². The largest absolute Gasteiger partial charge is 0.435 e. The first-order valence-corrected chi connectivity index (χ1v) is 18.1. The summed E-state index contributed by atoms with van der Waals surface area (Å²) in [7, 11) is 0. The summed E-state index contributed by atoms with van der Waals surface area (Å²) >= 11 is 0. The van der Waals surface area contributed by atoms with E-state index < -0.39 is 0 Å². The van der Waals surface area contributed by atoms with E-state index in [2.05, 4.69) is 158 Å². The van der Waals surface area contributed by atoms with E-state index >= 15 is 0 Å². The number of hydrogen-bond acceptors (Lipinski definition) is 2. The van der Waals surface area contributed by atoms with E-state index in [1.54, 1.807) is 0 Å². The van der Waals surface area contributed by atoms with E-state index in [1.165, 1.54) is 71.1 Å². The summed E-state index contributed by atoms with van der Waals surface area (Å²) in [5.74, 6) is 0.641. The molecule has 0 saturated heterocycles. The molecular weight excluding hydrogens is 643 g/mol. The van der Waals surface area contributed by atoms with E-state index in [4.69, 9.17) is 9.40 Å². The molecule has 1 heterocycles. The summed E-state index contributed by atoms with van der Waals surface area (Å²) in [5, 5.41) is 12.0. The lowest BCUT2D eigenvalue weighted by Gasteiger charge is -2.18. The highest BCUT2D eigenvalue weighted by molar-refractivity contribution is 6.23. The summed E-state index contributed by atoms with van der Waals surface area (Å²) in [6, 6.07) is 67.8. The average molecular weight is 674 g/mol. The summed E-state index contributed by atoms with van der Waals surface area (Å²) in [6.45, 7) is 0. The van der Waals surface area contributed by atoms with Crippen molar-refractivity contribution in [1.82, 2.24) is 4.98 Å². The van der Waals surface area contributed by atoms with Gasteiger partial charge in [0.05, 0.1) is 0 Å². The first kappa shape index (κ1) is 29.7. The normalized spacial score (nSPS) is 11.8. The van der Waals surface area contributed by atoms with Crippen molar-refractivity contribution >= 4 is 65.0 Å². The predicted octanol–water partition coefficient (Wildman–Crippen LogP) is 14.3. The van der Waals surface area contributed by atoms with Crippen molar-refractivity contribution in [2.24, 2.45) is 0 Å². The topological polar surface area (TPSA) is 26.0 Å². The lowest BCUT2D eigenvalue weighted by molar-refractivity contribution is 0.623. The fraction of sp³-hybridized carbons (Fsp3) is 0. The zero-order valence-electron chi connectivity index (χ0n) is 28.8. The zero-order valence-corrected chi connectivity index (χ0v) is 28.8. The Kier molecular flexibility index (Phi) is 6.59. The second kappa shape index (κ2) is 11.8. The van der Waals surface area contributed by atoms with Gasteiger partial charge in [-0.3, -0.25) is 0 Å². The Morgan fingerprint density at radius 2 is 0.849 bits per heavy atom. The molecule has 0 aliphatic rings. The van der Waals surface area contributed by atoms with Crippen LogP contribution in [-0.2, 0) is 0 Å². The minimum atomic E-state index is 0.641. The highest BCUT2D eigenvalue weighted by atomic mass is 16.3. The van der Waals surface area contributed by atoms with Gasteiger partial charge in [0.25, 0.3) is 0 Å². The summed E-state index contributed by atoms with van der Waals surface area (Å²) < 4.78 is 6.51. The Hall–Kier alpha value is -7.03. The first-order chi connectivity index (χ1) is 26.3. The first-order valence-electron chi connectivity index (χ1n) is 18.1. The molecule has 0 spiro atoms. The fourth-order valence-corrected chi connectivity index (χ4v) is 8.36. The minimum Gasteiger partial charge on any atom is -0.435 e. The number of benzene rings is 10. The second-order valence-corrected chi connectivity index (χ2v) is 13.9. The number of oxazole rings is 1. The van der Waals surface area contributed by atoms with E-state index in [0.717, 1.165) is 32.8 Å². The smallest absolute Gasteiger partial charge is 0.227 e. The van der Waals surface area contributed by atoms with Gasteiger partial charge in [-0.25, -0.2) is 4.98 Å². The van der Waals surface area contributed by atoms with Gasteiger partial charge in [-0.1, -0.05) is 152 Å². The van der Waals surface area contributed by atoms with Crippen LogP contribution < -0.4 is 0 Å². The second-order valence-electron chi connectivity index (χ2n) is 13.9. The van der Waals surface area contributed by atoms with Crippen LogP contribution in [-0.4, -0.2) is 4.98 Å². The molecule has 11 aromatic rings.